The van der Waals surface area contributed by atoms with Gasteiger partial charge >= 0.3 is 0 Å². The van der Waals surface area contributed by atoms with E-state index in [4.69, 9.17) is 5.73 Å². The van der Waals surface area contributed by atoms with Crippen molar-refractivity contribution in [3.05, 3.63) is 41.7 Å². The predicted molar refractivity (Wildman–Crippen MR) is 83.7 cm³/mol. The van der Waals surface area contributed by atoms with Gasteiger partial charge in [0.25, 0.3) is 0 Å². The van der Waals surface area contributed by atoms with Gasteiger partial charge in [0.1, 0.15) is 12.0 Å². The van der Waals surface area contributed by atoms with Gasteiger partial charge < -0.3 is 16.4 Å². The molecule has 0 saturated heterocycles. The first-order valence-electron chi connectivity index (χ1n) is 6.72. The lowest BCUT2D eigenvalue weighted by atomic mass is 10.1. The first-order chi connectivity index (χ1) is 9.56. The number of nitrogens with zero attached hydrogens (tertiary/aromatic N) is 2. The monoisotopic (exact) mass is 271 g/mol. The highest BCUT2D eigenvalue weighted by atomic mass is 15.1. The molecule has 0 unspecified atom stereocenters. The van der Waals surface area contributed by atoms with Gasteiger partial charge in [-0.1, -0.05) is 29.8 Å². The number of hydrogen-bond donors (Lipinski definition) is 3. The maximum absolute atomic E-state index is 6.07. The van der Waals surface area contributed by atoms with E-state index < -0.39 is 0 Å². The number of nitrogen functional groups attached to an aromatic ring is 1. The van der Waals surface area contributed by atoms with Crippen LogP contribution in [0.5, 0.6) is 0 Å². The van der Waals surface area contributed by atoms with E-state index in [0.29, 0.717) is 23.9 Å². The number of aromatic nitrogens is 2. The largest absolute Gasteiger partial charge is 0.393 e. The molecule has 0 aliphatic rings. The second-order valence-electron chi connectivity index (χ2n) is 5.12. The van der Waals surface area contributed by atoms with E-state index in [2.05, 4.69) is 51.8 Å². The minimum Gasteiger partial charge on any atom is -0.393 e. The Balaban J connectivity index is 2.07. The Hall–Kier alpha value is -2.30. The van der Waals surface area contributed by atoms with E-state index in [0.717, 1.165) is 0 Å². The van der Waals surface area contributed by atoms with Crippen LogP contribution in [0.4, 0.5) is 17.3 Å². The summed E-state index contributed by atoms with van der Waals surface area (Å²) in [5, 5.41) is 6.45. The molecule has 2 rings (SSSR count). The molecule has 0 spiro atoms. The van der Waals surface area contributed by atoms with Crippen LogP contribution in [0, 0.1) is 6.92 Å². The van der Waals surface area contributed by atoms with E-state index in [1.807, 2.05) is 13.8 Å². The van der Waals surface area contributed by atoms with E-state index in [9.17, 15) is 0 Å². The van der Waals surface area contributed by atoms with Crippen LogP contribution in [-0.2, 0) is 6.54 Å². The highest BCUT2D eigenvalue weighted by Gasteiger charge is 2.08. The van der Waals surface area contributed by atoms with Crippen LogP contribution in [0.1, 0.15) is 25.0 Å². The molecule has 106 valence electrons. The van der Waals surface area contributed by atoms with Crippen molar-refractivity contribution in [2.75, 3.05) is 16.4 Å². The lowest BCUT2D eigenvalue weighted by Crippen LogP contribution is -2.14. The Bertz CT molecular complexity index is 563. The highest BCUT2D eigenvalue weighted by Crippen LogP contribution is 2.23. The molecule has 5 nitrogen and oxygen atoms in total. The summed E-state index contributed by atoms with van der Waals surface area (Å²) in [5.74, 6) is 1.32. The van der Waals surface area contributed by atoms with Crippen LogP contribution in [0.25, 0.3) is 0 Å². The Morgan fingerprint density at radius 1 is 1.10 bits per heavy atom. The summed E-state index contributed by atoms with van der Waals surface area (Å²) in [6.45, 7) is 6.84. The van der Waals surface area contributed by atoms with Gasteiger partial charge in [0.05, 0.1) is 0 Å². The summed E-state index contributed by atoms with van der Waals surface area (Å²) in [6, 6.07) is 8.63. The molecule has 5 heteroatoms. The van der Waals surface area contributed by atoms with Crippen LogP contribution in [0.3, 0.4) is 0 Å². The van der Waals surface area contributed by atoms with Gasteiger partial charge in [-0.2, -0.15) is 0 Å². The number of anilines is 3. The fraction of sp³-hybridized carbons (Fsp3) is 0.333. The molecule has 1 heterocycles. The zero-order valence-corrected chi connectivity index (χ0v) is 12.1. The molecule has 1 aromatic heterocycles. The van der Waals surface area contributed by atoms with Gasteiger partial charge in [-0.15, -0.1) is 0 Å². The smallest absolute Gasteiger partial charge is 0.155 e. The molecular weight excluding hydrogens is 250 g/mol. The molecule has 20 heavy (non-hydrogen) atoms. The molecule has 1 aromatic carbocycles. The maximum atomic E-state index is 6.07. The van der Waals surface area contributed by atoms with E-state index in [1.54, 1.807) is 0 Å². The lowest BCUT2D eigenvalue weighted by molar-refractivity contribution is 0.887. The van der Waals surface area contributed by atoms with Gasteiger partial charge in [-0.05, 0) is 26.3 Å². The third-order valence-corrected chi connectivity index (χ3v) is 2.89. The Morgan fingerprint density at radius 3 is 2.40 bits per heavy atom. The highest BCUT2D eigenvalue weighted by molar-refractivity contribution is 5.74. The number of rotatable bonds is 5. The first-order valence-corrected chi connectivity index (χ1v) is 6.72. The minimum atomic E-state index is 0.275. The first kappa shape index (κ1) is 14.1. The van der Waals surface area contributed by atoms with Crippen LogP contribution in [0.15, 0.2) is 30.6 Å². The second kappa shape index (κ2) is 6.23. The van der Waals surface area contributed by atoms with Crippen LogP contribution in [0.2, 0.25) is 0 Å². The van der Waals surface area contributed by atoms with Crippen molar-refractivity contribution in [2.45, 2.75) is 33.4 Å². The Labute approximate surface area is 119 Å². The maximum Gasteiger partial charge on any atom is 0.155 e. The van der Waals surface area contributed by atoms with Gasteiger partial charge in [0.2, 0.25) is 0 Å². The second-order valence-corrected chi connectivity index (χ2v) is 5.12. The summed E-state index contributed by atoms with van der Waals surface area (Å²) in [4.78, 5) is 8.35. The molecule has 2 aromatic rings. The number of nitrogens with one attached hydrogen (secondary N) is 2. The third-order valence-electron chi connectivity index (χ3n) is 2.89. The molecule has 4 N–H and O–H groups in total. The van der Waals surface area contributed by atoms with Crippen molar-refractivity contribution in [3.8, 4) is 0 Å². The predicted octanol–water partition coefficient (Wildman–Crippen LogP) is 2.80. The summed E-state index contributed by atoms with van der Waals surface area (Å²) in [6.07, 6.45) is 1.51. The SMILES string of the molecule is Cc1ccc(CNc2ncnc(NC(C)C)c2N)cc1. The van der Waals surface area contributed by atoms with Gasteiger partial charge in [-0.25, -0.2) is 9.97 Å². The zero-order chi connectivity index (χ0) is 14.5. The molecule has 0 bridgehead atoms. The van der Waals surface area contributed by atoms with Gasteiger partial charge in [0, 0.05) is 12.6 Å². The molecule has 0 fully saturated rings. The summed E-state index contributed by atoms with van der Waals surface area (Å²) in [7, 11) is 0. The van der Waals surface area contributed by atoms with Crippen LogP contribution in [-0.4, -0.2) is 16.0 Å². The number of benzene rings is 1. The van der Waals surface area contributed by atoms with Crippen molar-refractivity contribution >= 4 is 17.3 Å². The average Bonchev–Trinajstić information content (AvgIpc) is 2.41. The fourth-order valence-electron chi connectivity index (χ4n) is 1.82. The van der Waals surface area contributed by atoms with Crippen LogP contribution >= 0.6 is 0 Å². The Morgan fingerprint density at radius 2 is 1.75 bits per heavy atom. The van der Waals surface area contributed by atoms with Crippen molar-refractivity contribution in [3.63, 3.8) is 0 Å². The Kier molecular flexibility index (Phi) is 4.40. The summed E-state index contributed by atoms with van der Waals surface area (Å²) in [5.41, 5.74) is 9.06. The minimum absolute atomic E-state index is 0.275. The van der Waals surface area contributed by atoms with Crippen molar-refractivity contribution < 1.29 is 0 Å². The average molecular weight is 271 g/mol. The van der Waals surface area contributed by atoms with Crippen molar-refractivity contribution in [2.24, 2.45) is 0 Å². The topological polar surface area (TPSA) is 75.9 Å². The molecular formula is C15H21N5. The quantitative estimate of drug-likeness (QED) is 0.779. The molecule has 0 atom stereocenters. The van der Waals surface area contributed by atoms with Crippen molar-refractivity contribution in [1.29, 1.82) is 0 Å². The summed E-state index contributed by atoms with van der Waals surface area (Å²) >= 11 is 0. The van der Waals surface area contributed by atoms with Crippen molar-refractivity contribution in [1.82, 2.24) is 9.97 Å². The molecule has 0 amide bonds. The van der Waals surface area contributed by atoms with E-state index >= 15 is 0 Å². The fourth-order valence-corrected chi connectivity index (χ4v) is 1.82. The molecule has 0 aliphatic heterocycles. The standard InChI is InChI=1S/C15H21N5/c1-10(2)20-15-13(16)14(18-9-19-15)17-8-12-6-4-11(3)5-7-12/h4-7,9-10H,8,16H2,1-3H3,(H2,17,18,19,20). The number of aryl methyl sites for hydroxylation is 1. The van der Waals surface area contributed by atoms with E-state index in [1.165, 1.54) is 17.5 Å². The number of hydrogen-bond acceptors (Lipinski definition) is 5. The molecule has 0 aliphatic carbocycles. The van der Waals surface area contributed by atoms with Gasteiger partial charge in [0.15, 0.2) is 11.6 Å². The molecule has 0 saturated carbocycles. The normalized spacial score (nSPS) is 10.6. The number of nitrogens with two attached hydrogens (primary N) is 1. The zero-order valence-electron chi connectivity index (χ0n) is 12.1. The van der Waals surface area contributed by atoms with E-state index in [-0.39, 0.29) is 6.04 Å². The molecule has 0 radical (unpaired) electrons. The lowest BCUT2D eigenvalue weighted by Gasteiger charge is -2.14. The third kappa shape index (κ3) is 3.60. The van der Waals surface area contributed by atoms with Crippen LogP contribution < -0.4 is 16.4 Å². The summed E-state index contributed by atoms with van der Waals surface area (Å²) < 4.78 is 0. The van der Waals surface area contributed by atoms with Gasteiger partial charge in [-0.3, -0.25) is 0 Å².